The van der Waals surface area contributed by atoms with Crippen LogP contribution in [0.5, 0.6) is 0 Å². The van der Waals surface area contributed by atoms with E-state index in [0.717, 1.165) is 44.9 Å². The van der Waals surface area contributed by atoms with Crippen molar-refractivity contribution in [2.75, 3.05) is 6.61 Å². The molecule has 0 spiro atoms. The Labute approximate surface area is 318 Å². The third-order valence-corrected chi connectivity index (χ3v) is 10.0. The monoisotopic (exact) mass is 714 g/mol. The minimum Gasteiger partial charge on any atom is -0.394 e. The van der Waals surface area contributed by atoms with Gasteiger partial charge in [0.15, 0.2) is 0 Å². The first kappa shape index (κ1) is 49.4. The van der Waals surface area contributed by atoms with Crippen molar-refractivity contribution < 1.29 is 15.0 Å². The van der Waals surface area contributed by atoms with Gasteiger partial charge in [-0.15, -0.1) is 0 Å². The molecule has 0 aromatic heterocycles. The molecule has 2 atom stereocenters. The van der Waals surface area contributed by atoms with Gasteiger partial charge >= 0.3 is 0 Å². The summed E-state index contributed by atoms with van der Waals surface area (Å²) in [6.45, 7) is 4.29. The van der Waals surface area contributed by atoms with Crippen LogP contribution in [-0.4, -0.2) is 34.9 Å². The van der Waals surface area contributed by atoms with Crippen LogP contribution in [-0.2, 0) is 4.79 Å². The summed E-state index contributed by atoms with van der Waals surface area (Å²) in [5.41, 5.74) is 0. The predicted molar refractivity (Wildman–Crippen MR) is 225 cm³/mol. The molecule has 4 nitrogen and oxygen atoms in total. The Hall–Kier alpha value is -1.65. The lowest BCUT2D eigenvalue weighted by Gasteiger charge is -2.19. The molecular formula is C47H87NO3. The lowest BCUT2D eigenvalue weighted by atomic mass is 10.1. The molecular weight excluding hydrogens is 627 g/mol. The zero-order valence-corrected chi connectivity index (χ0v) is 34.1. The van der Waals surface area contributed by atoms with E-state index < -0.39 is 12.1 Å². The normalized spacial score (nSPS) is 13.4. The van der Waals surface area contributed by atoms with Crippen LogP contribution in [0.1, 0.15) is 226 Å². The van der Waals surface area contributed by atoms with E-state index in [4.69, 9.17) is 0 Å². The van der Waals surface area contributed by atoms with Gasteiger partial charge in [0.25, 0.3) is 0 Å². The second kappa shape index (κ2) is 42.8. The third-order valence-electron chi connectivity index (χ3n) is 10.0. The second-order valence-corrected chi connectivity index (χ2v) is 15.1. The van der Waals surface area contributed by atoms with Gasteiger partial charge in [0, 0.05) is 6.42 Å². The molecule has 0 aliphatic carbocycles. The molecule has 0 aromatic carbocycles. The molecule has 0 saturated heterocycles. The molecule has 0 saturated carbocycles. The molecule has 298 valence electrons. The number of allylic oxidation sites excluding steroid dienone is 7. The number of unbranched alkanes of at least 4 members (excludes halogenated alkanes) is 27. The number of hydrogen-bond donors (Lipinski definition) is 3. The maximum atomic E-state index is 12.4. The first-order valence-corrected chi connectivity index (χ1v) is 22.4. The van der Waals surface area contributed by atoms with Crippen LogP contribution in [0, 0.1) is 0 Å². The molecule has 1 amide bonds. The molecule has 0 fully saturated rings. The van der Waals surface area contributed by atoms with Crippen LogP contribution in [0.2, 0.25) is 0 Å². The molecule has 0 heterocycles. The van der Waals surface area contributed by atoms with Crippen LogP contribution < -0.4 is 5.32 Å². The highest BCUT2D eigenvalue weighted by atomic mass is 16.3. The van der Waals surface area contributed by atoms with Gasteiger partial charge < -0.3 is 15.5 Å². The van der Waals surface area contributed by atoms with Crippen LogP contribution in [0.4, 0.5) is 0 Å². The van der Waals surface area contributed by atoms with Crippen molar-refractivity contribution in [1.29, 1.82) is 0 Å². The first-order chi connectivity index (χ1) is 25.2. The molecule has 2 unspecified atom stereocenters. The van der Waals surface area contributed by atoms with Crippen LogP contribution in [0.25, 0.3) is 0 Å². The largest absolute Gasteiger partial charge is 0.394 e. The minimum absolute atomic E-state index is 0.0819. The van der Waals surface area contributed by atoms with E-state index in [0.29, 0.717) is 6.42 Å². The van der Waals surface area contributed by atoms with Crippen LogP contribution in [0.15, 0.2) is 48.6 Å². The van der Waals surface area contributed by atoms with E-state index in [1.54, 1.807) is 6.08 Å². The molecule has 0 aliphatic heterocycles. The molecule has 0 rings (SSSR count). The fourth-order valence-electron chi connectivity index (χ4n) is 6.58. The lowest BCUT2D eigenvalue weighted by Crippen LogP contribution is -2.45. The number of carbonyl (C=O) groups is 1. The summed E-state index contributed by atoms with van der Waals surface area (Å²) in [6, 6.07) is -0.643. The number of nitrogens with one attached hydrogen (secondary N) is 1. The van der Waals surface area contributed by atoms with Crippen molar-refractivity contribution >= 4 is 5.91 Å². The van der Waals surface area contributed by atoms with Gasteiger partial charge in [-0.25, -0.2) is 0 Å². The lowest BCUT2D eigenvalue weighted by molar-refractivity contribution is -0.123. The molecule has 0 aromatic rings. The summed E-state index contributed by atoms with van der Waals surface area (Å²) in [6.07, 6.45) is 57.9. The second-order valence-electron chi connectivity index (χ2n) is 15.1. The highest BCUT2D eigenvalue weighted by molar-refractivity contribution is 5.76. The summed E-state index contributed by atoms with van der Waals surface area (Å²) in [7, 11) is 0. The first-order valence-electron chi connectivity index (χ1n) is 22.4. The van der Waals surface area contributed by atoms with E-state index >= 15 is 0 Å². The van der Waals surface area contributed by atoms with Crippen molar-refractivity contribution in [3.63, 3.8) is 0 Å². The summed E-state index contributed by atoms with van der Waals surface area (Å²) >= 11 is 0. The Morgan fingerprint density at radius 2 is 0.824 bits per heavy atom. The van der Waals surface area contributed by atoms with Crippen molar-refractivity contribution in [2.45, 2.75) is 238 Å². The highest BCUT2D eigenvalue weighted by Crippen LogP contribution is 2.14. The minimum atomic E-state index is -0.866. The molecule has 51 heavy (non-hydrogen) atoms. The quantitative estimate of drug-likeness (QED) is 0.0437. The summed E-state index contributed by atoms with van der Waals surface area (Å²) in [5, 5.41) is 23.0. The van der Waals surface area contributed by atoms with Crippen molar-refractivity contribution in [3.8, 4) is 0 Å². The van der Waals surface area contributed by atoms with Gasteiger partial charge in [-0.1, -0.05) is 204 Å². The summed E-state index contributed by atoms with van der Waals surface area (Å²) < 4.78 is 0. The topological polar surface area (TPSA) is 69.6 Å². The molecule has 4 heteroatoms. The predicted octanol–water partition coefficient (Wildman–Crippen LogP) is 14.0. The highest BCUT2D eigenvalue weighted by Gasteiger charge is 2.17. The van der Waals surface area contributed by atoms with E-state index in [1.807, 2.05) is 6.08 Å². The fraction of sp³-hybridized carbons (Fsp3) is 0.809. The number of rotatable bonds is 40. The number of aliphatic hydroxyl groups excluding tert-OH is 2. The van der Waals surface area contributed by atoms with E-state index in [9.17, 15) is 15.0 Å². The van der Waals surface area contributed by atoms with E-state index in [1.165, 1.54) is 161 Å². The molecule has 0 radical (unpaired) electrons. The Kier molecular flexibility index (Phi) is 41.4. The van der Waals surface area contributed by atoms with Crippen molar-refractivity contribution in [1.82, 2.24) is 5.32 Å². The SMILES string of the molecule is CCCCCCCCCCC/C=C\C/C=C\CCCCCCCCCC(=O)NC(CO)C(O)/C=C/CC/C=C/CCCCCCCCCCCC. The zero-order valence-electron chi connectivity index (χ0n) is 34.1. The smallest absolute Gasteiger partial charge is 0.220 e. The van der Waals surface area contributed by atoms with Gasteiger partial charge in [0.05, 0.1) is 18.8 Å². The third kappa shape index (κ3) is 39.4. The molecule has 0 bridgehead atoms. The van der Waals surface area contributed by atoms with Crippen molar-refractivity contribution in [2.24, 2.45) is 0 Å². The number of aliphatic hydroxyl groups is 2. The number of hydrogen-bond acceptors (Lipinski definition) is 3. The maximum absolute atomic E-state index is 12.4. The van der Waals surface area contributed by atoms with Gasteiger partial charge in [-0.05, 0) is 64.2 Å². The standard InChI is InChI=1S/C47H87NO3/c1-3-5-7-9-11-13-15-17-19-21-22-23-24-25-26-27-29-31-33-35-37-39-41-43-47(51)48-45(44-49)46(50)42-40-38-36-34-32-30-28-20-18-16-14-12-10-8-6-4-2/h22-23,25-26,32,34,40,42,45-46,49-50H,3-21,24,27-31,33,35-39,41,43-44H2,1-2H3,(H,48,51)/b23-22-,26-25-,34-32+,42-40+. The van der Waals surface area contributed by atoms with Gasteiger partial charge in [-0.2, -0.15) is 0 Å². The average molecular weight is 714 g/mol. The Morgan fingerprint density at radius 1 is 0.471 bits per heavy atom. The fourth-order valence-corrected chi connectivity index (χ4v) is 6.58. The Bertz CT molecular complexity index is 816. The Balaban J connectivity index is 3.62. The van der Waals surface area contributed by atoms with Gasteiger partial charge in [0.2, 0.25) is 5.91 Å². The van der Waals surface area contributed by atoms with Crippen LogP contribution in [0.3, 0.4) is 0 Å². The zero-order chi connectivity index (χ0) is 37.1. The van der Waals surface area contributed by atoms with Gasteiger partial charge in [0.1, 0.15) is 0 Å². The number of amides is 1. The van der Waals surface area contributed by atoms with E-state index in [2.05, 4.69) is 55.6 Å². The van der Waals surface area contributed by atoms with Crippen LogP contribution >= 0.6 is 0 Å². The van der Waals surface area contributed by atoms with Gasteiger partial charge in [-0.3, -0.25) is 4.79 Å². The molecule has 0 aliphatic rings. The summed E-state index contributed by atoms with van der Waals surface area (Å²) in [4.78, 5) is 12.4. The molecule has 3 N–H and O–H groups in total. The Morgan fingerprint density at radius 3 is 1.25 bits per heavy atom. The maximum Gasteiger partial charge on any atom is 0.220 e. The van der Waals surface area contributed by atoms with Crippen molar-refractivity contribution in [3.05, 3.63) is 48.6 Å². The summed E-state index contributed by atoms with van der Waals surface area (Å²) in [5.74, 6) is -0.0819. The number of carbonyl (C=O) groups excluding carboxylic acids is 1. The average Bonchev–Trinajstić information content (AvgIpc) is 3.13. The van der Waals surface area contributed by atoms with E-state index in [-0.39, 0.29) is 12.5 Å².